The van der Waals surface area contributed by atoms with Gasteiger partial charge < -0.3 is 0 Å². The van der Waals surface area contributed by atoms with Gasteiger partial charge in [-0.05, 0) is 53.3 Å². The van der Waals surface area contributed by atoms with E-state index in [-0.39, 0.29) is 0 Å². The molecule has 2 aromatic carbocycles. The van der Waals surface area contributed by atoms with E-state index in [2.05, 4.69) is 13.8 Å². The lowest BCUT2D eigenvalue weighted by Crippen LogP contribution is -1.99. The van der Waals surface area contributed by atoms with Crippen LogP contribution in [0.25, 0.3) is 11.1 Å². The Labute approximate surface area is 131 Å². The summed E-state index contributed by atoms with van der Waals surface area (Å²) in [5, 5.41) is 0.702. The molecule has 0 saturated carbocycles. The standard InChI is InChI=1S/C17H19ClO2S/c1-4-12(2)17-11-14(18)8-9-16(17)13-6-5-7-15(10-13)21(3,19)20/h5-12H,4H2,1-3H3. The van der Waals surface area contributed by atoms with Gasteiger partial charge in [0.25, 0.3) is 0 Å². The van der Waals surface area contributed by atoms with Crippen molar-refractivity contribution in [2.45, 2.75) is 31.1 Å². The molecule has 0 aliphatic carbocycles. The highest BCUT2D eigenvalue weighted by molar-refractivity contribution is 7.90. The molecule has 0 fully saturated rings. The van der Waals surface area contributed by atoms with Crippen LogP contribution in [0, 0.1) is 0 Å². The zero-order valence-electron chi connectivity index (χ0n) is 12.4. The highest BCUT2D eigenvalue weighted by Crippen LogP contribution is 2.33. The van der Waals surface area contributed by atoms with Crippen molar-refractivity contribution in [1.29, 1.82) is 0 Å². The average molecular weight is 323 g/mol. The van der Waals surface area contributed by atoms with Crippen LogP contribution in [0.2, 0.25) is 5.02 Å². The van der Waals surface area contributed by atoms with Gasteiger partial charge in [-0.1, -0.05) is 43.6 Å². The minimum atomic E-state index is -3.21. The number of benzene rings is 2. The van der Waals surface area contributed by atoms with Crippen LogP contribution in [0.3, 0.4) is 0 Å². The molecule has 0 radical (unpaired) electrons. The monoisotopic (exact) mass is 322 g/mol. The van der Waals surface area contributed by atoms with Crippen LogP contribution in [-0.2, 0) is 9.84 Å². The van der Waals surface area contributed by atoms with Gasteiger partial charge in [0, 0.05) is 11.3 Å². The number of rotatable bonds is 4. The van der Waals surface area contributed by atoms with Crippen LogP contribution in [-0.4, -0.2) is 14.7 Å². The summed E-state index contributed by atoms with van der Waals surface area (Å²) in [4.78, 5) is 0.338. The largest absolute Gasteiger partial charge is 0.224 e. The van der Waals surface area contributed by atoms with E-state index < -0.39 is 9.84 Å². The summed E-state index contributed by atoms with van der Waals surface area (Å²) < 4.78 is 23.4. The molecule has 112 valence electrons. The fourth-order valence-electron chi connectivity index (χ4n) is 2.32. The van der Waals surface area contributed by atoms with Crippen molar-refractivity contribution in [3.63, 3.8) is 0 Å². The first-order valence-electron chi connectivity index (χ1n) is 6.93. The summed E-state index contributed by atoms with van der Waals surface area (Å²) in [5.74, 6) is 0.362. The van der Waals surface area contributed by atoms with Crippen LogP contribution in [0.5, 0.6) is 0 Å². The first-order valence-corrected chi connectivity index (χ1v) is 9.19. The van der Waals surface area contributed by atoms with Crippen molar-refractivity contribution in [2.24, 2.45) is 0 Å². The summed E-state index contributed by atoms with van der Waals surface area (Å²) in [6.45, 7) is 4.28. The van der Waals surface area contributed by atoms with Crippen molar-refractivity contribution in [3.05, 3.63) is 53.1 Å². The smallest absolute Gasteiger partial charge is 0.175 e. The maximum absolute atomic E-state index is 11.7. The summed E-state index contributed by atoms with van der Waals surface area (Å²) in [7, 11) is -3.21. The molecule has 2 rings (SSSR count). The molecule has 21 heavy (non-hydrogen) atoms. The minimum absolute atomic E-state index is 0.338. The van der Waals surface area contributed by atoms with E-state index in [1.165, 1.54) is 6.26 Å². The molecule has 0 aliphatic rings. The molecule has 2 aromatic rings. The van der Waals surface area contributed by atoms with Crippen molar-refractivity contribution in [1.82, 2.24) is 0 Å². The second kappa shape index (κ2) is 6.20. The maximum atomic E-state index is 11.7. The summed E-state index contributed by atoms with van der Waals surface area (Å²) >= 11 is 6.11. The zero-order valence-corrected chi connectivity index (χ0v) is 14.0. The van der Waals surface area contributed by atoms with E-state index in [0.29, 0.717) is 15.8 Å². The number of sulfone groups is 1. The molecule has 4 heteroatoms. The molecule has 0 amide bonds. The fraction of sp³-hybridized carbons (Fsp3) is 0.294. The fourth-order valence-corrected chi connectivity index (χ4v) is 3.17. The highest BCUT2D eigenvalue weighted by atomic mass is 35.5. The number of hydrogen-bond donors (Lipinski definition) is 0. The quantitative estimate of drug-likeness (QED) is 0.800. The first-order chi connectivity index (χ1) is 9.82. The Kier molecular flexibility index (Phi) is 4.74. The molecule has 0 spiro atoms. The SMILES string of the molecule is CCC(C)c1cc(Cl)ccc1-c1cccc(S(C)(=O)=O)c1. The molecule has 1 unspecified atom stereocenters. The van der Waals surface area contributed by atoms with Gasteiger partial charge >= 0.3 is 0 Å². The molecule has 0 aliphatic heterocycles. The van der Waals surface area contributed by atoms with E-state index in [9.17, 15) is 8.42 Å². The van der Waals surface area contributed by atoms with Gasteiger partial charge in [-0.25, -0.2) is 8.42 Å². The summed E-state index contributed by atoms with van der Waals surface area (Å²) in [6, 6.07) is 12.8. The highest BCUT2D eigenvalue weighted by Gasteiger charge is 2.14. The molecule has 0 bridgehead atoms. The van der Waals surface area contributed by atoms with Crippen molar-refractivity contribution < 1.29 is 8.42 Å². The van der Waals surface area contributed by atoms with Crippen LogP contribution < -0.4 is 0 Å². The molecule has 0 aromatic heterocycles. The minimum Gasteiger partial charge on any atom is -0.224 e. The van der Waals surface area contributed by atoms with E-state index in [0.717, 1.165) is 23.1 Å². The topological polar surface area (TPSA) is 34.1 Å². The van der Waals surface area contributed by atoms with E-state index in [1.54, 1.807) is 18.2 Å². The van der Waals surface area contributed by atoms with Crippen molar-refractivity contribution >= 4 is 21.4 Å². The van der Waals surface area contributed by atoms with E-state index in [4.69, 9.17) is 11.6 Å². The second-order valence-electron chi connectivity index (χ2n) is 5.34. The Morgan fingerprint density at radius 1 is 1.14 bits per heavy atom. The average Bonchev–Trinajstić information content (AvgIpc) is 2.45. The lowest BCUT2D eigenvalue weighted by atomic mass is 9.90. The van der Waals surface area contributed by atoms with Gasteiger partial charge in [-0.15, -0.1) is 0 Å². The van der Waals surface area contributed by atoms with Gasteiger partial charge in [0.15, 0.2) is 9.84 Å². The molecular weight excluding hydrogens is 304 g/mol. The zero-order chi connectivity index (χ0) is 15.6. The third-order valence-corrected chi connectivity index (χ3v) is 5.08. The van der Waals surface area contributed by atoms with Gasteiger partial charge in [-0.3, -0.25) is 0 Å². The molecule has 0 saturated heterocycles. The Morgan fingerprint density at radius 3 is 2.48 bits per heavy atom. The Balaban J connectivity index is 2.62. The lowest BCUT2D eigenvalue weighted by Gasteiger charge is -2.16. The summed E-state index contributed by atoms with van der Waals surface area (Å²) in [5.41, 5.74) is 3.10. The predicted molar refractivity (Wildman–Crippen MR) is 88.7 cm³/mol. The third-order valence-electron chi connectivity index (χ3n) is 3.73. The Bertz CT molecular complexity index is 751. The van der Waals surface area contributed by atoms with Crippen LogP contribution >= 0.6 is 11.6 Å². The van der Waals surface area contributed by atoms with Crippen molar-refractivity contribution in [2.75, 3.05) is 6.26 Å². The predicted octanol–water partition coefficient (Wildman–Crippen LogP) is 4.92. The number of hydrogen-bond acceptors (Lipinski definition) is 2. The van der Waals surface area contributed by atoms with Crippen LogP contribution in [0.1, 0.15) is 31.7 Å². The van der Waals surface area contributed by atoms with Gasteiger partial charge in [0.1, 0.15) is 0 Å². The van der Waals surface area contributed by atoms with Crippen LogP contribution in [0.4, 0.5) is 0 Å². The maximum Gasteiger partial charge on any atom is 0.175 e. The molecule has 0 N–H and O–H groups in total. The molecule has 0 heterocycles. The molecule has 1 atom stereocenters. The second-order valence-corrected chi connectivity index (χ2v) is 7.79. The third kappa shape index (κ3) is 3.66. The van der Waals surface area contributed by atoms with E-state index >= 15 is 0 Å². The van der Waals surface area contributed by atoms with Gasteiger partial charge in [-0.2, -0.15) is 0 Å². The normalized spacial score (nSPS) is 13.1. The lowest BCUT2D eigenvalue weighted by molar-refractivity contribution is 0.602. The molecule has 2 nitrogen and oxygen atoms in total. The van der Waals surface area contributed by atoms with E-state index in [1.807, 2.05) is 24.3 Å². The molecular formula is C17H19ClO2S. The van der Waals surface area contributed by atoms with Gasteiger partial charge in [0.2, 0.25) is 0 Å². The Hall–Kier alpha value is -1.32. The van der Waals surface area contributed by atoms with Crippen molar-refractivity contribution in [3.8, 4) is 11.1 Å². The van der Waals surface area contributed by atoms with Crippen LogP contribution in [0.15, 0.2) is 47.4 Å². The van der Waals surface area contributed by atoms with Gasteiger partial charge in [0.05, 0.1) is 4.90 Å². The summed E-state index contributed by atoms with van der Waals surface area (Å²) in [6.07, 6.45) is 2.22. The first kappa shape index (κ1) is 16.1. The Morgan fingerprint density at radius 2 is 1.86 bits per heavy atom. The number of halogens is 1.